The summed E-state index contributed by atoms with van der Waals surface area (Å²) >= 11 is 1.26. The van der Waals surface area contributed by atoms with E-state index in [1.807, 2.05) is 26.0 Å². The van der Waals surface area contributed by atoms with E-state index in [1.54, 1.807) is 43.5 Å². The fourth-order valence-corrected chi connectivity index (χ4v) is 4.19. The molecule has 34 heavy (non-hydrogen) atoms. The summed E-state index contributed by atoms with van der Waals surface area (Å²) in [7, 11) is 2.90. The van der Waals surface area contributed by atoms with Crippen molar-refractivity contribution >= 4 is 34.9 Å². The first kappa shape index (κ1) is 25.2. The van der Waals surface area contributed by atoms with Crippen LogP contribution in [0.25, 0.3) is 0 Å². The van der Waals surface area contributed by atoms with Crippen LogP contribution in [0.15, 0.2) is 70.6 Å². The van der Waals surface area contributed by atoms with Gasteiger partial charge >= 0.3 is 5.97 Å². The fourth-order valence-electron chi connectivity index (χ4n) is 3.31. The molecule has 1 atom stereocenters. The summed E-state index contributed by atoms with van der Waals surface area (Å²) in [5.74, 6) is 0.236. The van der Waals surface area contributed by atoms with Crippen molar-refractivity contribution in [3.05, 3.63) is 71.7 Å². The van der Waals surface area contributed by atoms with E-state index in [0.717, 1.165) is 9.63 Å². The molecular weight excluding hydrogens is 457 g/mol. The number of carbonyl (C=O) groups is 1. The number of aromatic nitrogens is 1. The van der Waals surface area contributed by atoms with Gasteiger partial charge in [-0.05, 0) is 60.1 Å². The Bertz CT molecular complexity index is 1130. The van der Waals surface area contributed by atoms with Crippen LogP contribution < -0.4 is 20.1 Å². The van der Waals surface area contributed by atoms with Crippen LogP contribution in [0.1, 0.15) is 20.3 Å². The first-order valence-electron chi connectivity index (χ1n) is 10.8. The van der Waals surface area contributed by atoms with Crippen LogP contribution in [0.4, 0.5) is 21.6 Å². The van der Waals surface area contributed by atoms with Crippen LogP contribution in [-0.2, 0) is 9.53 Å². The predicted molar refractivity (Wildman–Crippen MR) is 131 cm³/mol. The summed E-state index contributed by atoms with van der Waals surface area (Å²) in [4.78, 5) is 13.2. The lowest BCUT2D eigenvalue weighted by Gasteiger charge is -2.20. The highest BCUT2D eigenvalue weighted by atomic mass is 32.2. The first-order valence-corrected chi connectivity index (χ1v) is 11.6. The van der Waals surface area contributed by atoms with E-state index in [0.29, 0.717) is 28.6 Å². The molecule has 7 nitrogen and oxygen atoms in total. The van der Waals surface area contributed by atoms with E-state index in [1.165, 1.54) is 31.0 Å². The average Bonchev–Trinajstić information content (AvgIpc) is 2.81. The minimum atomic E-state index is -0.701. The molecule has 0 bridgehead atoms. The molecule has 0 unspecified atom stereocenters. The highest BCUT2D eigenvalue weighted by Crippen LogP contribution is 2.31. The number of pyridine rings is 1. The first-order chi connectivity index (χ1) is 16.3. The molecule has 0 saturated carbocycles. The van der Waals surface area contributed by atoms with Crippen molar-refractivity contribution in [3.8, 4) is 5.75 Å². The van der Waals surface area contributed by atoms with Gasteiger partial charge in [0.05, 0.1) is 26.0 Å². The number of methoxy groups -OCH3 is 2. The van der Waals surface area contributed by atoms with Gasteiger partial charge in [0, 0.05) is 23.1 Å². The summed E-state index contributed by atoms with van der Waals surface area (Å²) in [5.41, 5.74) is 1.09. The maximum atomic E-state index is 13.7. The van der Waals surface area contributed by atoms with Gasteiger partial charge in [-0.15, -0.1) is 0 Å². The average molecular weight is 486 g/mol. The molecule has 0 fully saturated rings. The third kappa shape index (κ3) is 6.77. The third-order valence-corrected chi connectivity index (χ3v) is 5.90. The molecule has 0 saturated heterocycles. The van der Waals surface area contributed by atoms with E-state index in [4.69, 9.17) is 9.47 Å². The lowest BCUT2D eigenvalue weighted by atomic mass is 10.0. The van der Waals surface area contributed by atoms with Gasteiger partial charge in [0.1, 0.15) is 11.6 Å². The Morgan fingerprint density at radius 1 is 1.09 bits per heavy atom. The molecule has 1 aromatic heterocycles. The van der Waals surface area contributed by atoms with Gasteiger partial charge in [-0.3, -0.25) is 5.32 Å². The fraction of sp³-hybridized carbons (Fsp3) is 0.280. The van der Waals surface area contributed by atoms with Crippen LogP contribution >= 0.6 is 11.8 Å². The quantitative estimate of drug-likeness (QED) is 0.227. The minimum Gasteiger partial charge on any atom is -0.710 e. The van der Waals surface area contributed by atoms with Crippen LogP contribution in [0.2, 0.25) is 0 Å². The molecule has 3 rings (SSSR count). The van der Waals surface area contributed by atoms with Gasteiger partial charge in [-0.1, -0.05) is 19.9 Å². The Morgan fingerprint density at radius 2 is 1.82 bits per heavy atom. The number of benzene rings is 2. The molecule has 0 aliphatic heterocycles. The number of carbonyl (C=O) groups excluding carboxylic acids is 1. The Balaban J connectivity index is 1.99. The van der Waals surface area contributed by atoms with Crippen molar-refractivity contribution in [2.75, 3.05) is 24.9 Å². The van der Waals surface area contributed by atoms with Crippen LogP contribution in [0, 0.1) is 16.9 Å². The molecule has 0 spiro atoms. The van der Waals surface area contributed by atoms with Crippen molar-refractivity contribution in [3.63, 3.8) is 0 Å². The van der Waals surface area contributed by atoms with E-state index in [2.05, 4.69) is 10.6 Å². The van der Waals surface area contributed by atoms with E-state index in [-0.39, 0.29) is 17.6 Å². The lowest BCUT2D eigenvalue weighted by molar-refractivity contribution is -0.630. The number of anilines is 3. The van der Waals surface area contributed by atoms with Crippen molar-refractivity contribution in [1.82, 2.24) is 0 Å². The van der Waals surface area contributed by atoms with Crippen molar-refractivity contribution in [2.24, 2.45) is 5.92 Å². The molecule has 0 aliphatic rings. The van der Waals surface area contributed by atoms with Crippen molar-refractivity contribution in [2.45, 2.75) is 36.2 Å². The van der Waals surface area contributed by atoms with Crippen LogP contribution in [0.5, 0.6) is 5.75 Å². The zero-order valence-corrected chi connectivity index (χ0v) is 20.3. The van der Waals surface area contributed by atoms with Crippen molar-refractivity contribution < 1.29 is 23.4 Å². The number of nitrogens with zero attached hydrogens (tertiary/aromatic N) is 1. The van der Waals surface area contributed by atoms with Crippen LogP contribution in [-0.4, -0.2) is 26.2 Å². The number of hydrogen-bond acceptors (Lipinski definition) is 7. The summed E-state index contributed by atoms with van der Waals surface area (Å²) < 4.78 is 24.5. The second-order valence-electron chi connectivity index (χ2n) is 8.02. The van der Waals surface area contributed by atoms with E-state index >= 15 is 0 Å². The maximum Gasteiger partial charge on any atom is 0.350 e. The summed E-state index contributed by atoms with van der Waals surface area (Å²) in [5, 5.41) is 19.8. The van der Waals surface area contributed by atoms with Gasteiger partial charge in [0.2, 0.25) is 0 Å². The second-order valence-corrected chi connectivity index (χ2v) is 9.12. The zero-order chi connectivity index (χ0) is 24.7. The van der Waals surface area contributed by atoms with Gasteiger partial charge in [-0.2, -0.15) is 0 Å². The SMILES string of the molecule is COC(=O)[C@H](CC(C)C)Nc1cc(Nc2cccc(F)c2)cc(Sc2ccc(OC)cc2)[n+]1[O-]. The topological polar surface area (TPSA) is 86.5 Å². The van der Waals surface area contributed by atoms with Crippen LogP contribution in [0.3, 0.4) is 0 Å². The zero-order valence-electron chi connectivity index (χ0n) is 19.5. The van der Waals surface area contributed by atoms with Crippen molar-refractivity contribution in [1.29, 1.82) is 0 Å². The summed E-state index contributed by atoms with van der Waals surface area (Å²) in [6.07, 6.45) is 0.481. The Morgan fingerprint density at radius 3 is 2.44 bits per heavy atom. The summed E-state index contributed by atoms with van der Waals surface area (Å²) in [6.45, 7) is 3.96. The highest BCUT2D eigenvalue weighted by Gasteiger charge is 2.27. The minimum absolute atomic E-state index is 0.175. The molecule has 3 aromatic rings. The van der Waals surface area contributed by atoms with Gasteiger partial charge in [-0.25, -0.2) is 13.9 Å². The number of hydrogen-bond donors (Lipinski definition) is 2. The summed E-state index contributed by atoms with van der Waals surface area (Å²) in [6, 6.07) is 15.9. The number of halogens is 1. The monoisotopic (exact) mass is 485 g/mol. The molecule has 9 heteroatoms. The predicted octanol–water partition coefficient (Wildman–Crippen LogP) is 5.36. The molecule has 0 aliphatic carbocycles. The molecular formula is C25H28FN3O4S. The highest BCUT2D eigenvalue weighted by molar-refractivity contribution is 7.99. The third-order valence-electron chi connectivity index (χ3n) is 4.90. The maximum absolute atomic E-state index is 13.7. The number of esters is 1. The van der Waals surface area contributed by atoms with Gasteiger partial charge in [0.25, 0.3) is 5.82 Å². The number of rotatable bonds is 10. The Kier molecular flexibility index (Phi) is 8.59. The molecule has 2 aromatic carbocycles. The Labute approximate surface area is 202 Å². The molecule has 0 radical (unpaired) electrons. The van der Waals surface area contributed by atoms with Gasteiger partial charge < -0.3 is 20.0 Å². The number of ether oxygens (including phenoxy) is 2. The Hall–Kier alpha value is -3.46. The molecule has 2 N–H and O–H groups in total. The largest absolute Gasteiger partial charge is 0.710 e. The molecule has 180 valence electrons. The number of nitrogens with one attached hydrogen (secondary N) is 2. The van der Waals surface area contributed by atoms with E-state index < -0.39 is 12.0 Å². The van der Waals surface area contributed by atoms with E-state index in [9.17, 15) is 14.4 Å². The lowest BCUT2D eigenvalue weighted by Crippen LogP contribution is -2.40. The van der Waals surface area contributed by atoms with Gasteiger partial charge in [0.15, 0.2) is 11.1 Å². The smallest absolute Gasteiger partial charge is 0.350 e. The standard InChI is InChI=1S/C25H28FN3O4S/c1-16(2)12-22(25(30)33-4)28-23-14-19(27-18-7-5-6-17(26)13-18)15-24(29(23)31)34-21-10-8-20(32-3)9-11-21/h5-11,13-16,22,27-28H,12H2,1-4H3/t22-/m0/s1. The molecule has 0 amide bonds. The molecule has 1 heterocycles. The second kappa shape index (κ2) is 11.6. The normalized spacial score (nSPS) is 11.7.